The van der Waals surface area contributed by atoms with Crippen LogP contribution >= 0.6 is 11.8 Å². The zero-order valence-corrected chi connectivity index (χ0v) is 18.0. The van der Waals surface area contributed by atoms with Crippen LogP contribution in [0.15, 0.2) is 53.5 Å². The Labute approximate surface area is 184 Å². The highest BCUT2D eigenvalue weighted by Gasteiger charge is 2.43. The number of benzene rings is 2. The molecule has 0 unspecified atom stereocenters. The molecule has 0 radical (unpaired) electrons. The molecule has 0 aromatic heterocycles. The number of methoxy groups -OCH3 is 1. The highest BCUT2D eigenvalue weighted by atomic mass is 32.2. The van der Waals surface area contributed by atoms with Crippen LogP contribution in [0.5, 0.6) is 5.75 Å². The summed E-state index contributed by atoms with van der Waals surface area (Å²) in [5.74, 6) is 0.0150. The number of hydrogen-bond donors (Lipinski definition) is 1. The van der Waals surface area contributed by atoms with Gasteiger partial charge in [0.05, 0.1) is 12.8 Å². The van der Waals surface area contributed by atoms with E-state index >= 15 is 0 Å². The molecule has 2 amide bonds. The van der Waals surface area contributed by atoms with Crippen LogP contribution in [0.3, 0.4) is 0 Å². The molecule has 1 aliphatic carbocycles. The van der Waals surface area contributed by atoms with Crippen LogP contribution in [-0.2, 0) is 9.59 Å². The largest absolute Gasteiger partial charge is 0.497 e. The van der Waals surface area contributed by atoms with E-state index in [1.54, 1.807) is 12.0 Å². The molecule has 2 aromatic carbocycles. The number of thioether (sulfide) groups is 1. The number of aliphatic imine (C=N–C) groups is 1. The van der Waals surface area contributed by atoms with Gasteiger partial charge in [-0.25, -0.2) is 9.38 Å². The van der Waals surface area contributed by atoms with Crippen molar-refractivity contribution in [2.24, 2.45) is 4.99 Å². The Balaban J connectivity index is 1.50. The standard InChI is InChI=1S/C23H24FN3O3S/c1-30-19-12-10-17(11-13-19)26-23-27(18-4-2-3-5-18)22(29)20(31-23)14-21(28)25-16-8-6-15(24)7-9-16/h6-13,18,20H,2-5,14H2,1H3,(H,25,28)/t20-/m0/s1. The molecule has 1 saturated heterocycles. The van der Waals surface area contributed by atoms with Crippen molar-refractivity contribution in [3.8, 4) is 5.75 Å². The molecule has 1 heterocycles. The van der Waals surface area contributed by atoms with Gasteiger partial charge in [-0.3, -0.25) is 14.5 Å². The van der Waals surface area contributed by atoms with Crippen molar-refractivity contribution in [1.82, 2.24) is 4.90 Å². The van der Waals surface area contributed by atoms with Crippen LogP contribution in [0.25, 0.3) is 0 Å². The van der Waals surface area contributed by atoms with Crippen molar-refractivity contribution in [3.63, 3.8) is 0 Å². The number of nitrogens with zero attached hydrogens (tertiary/aromatic N) is 2. The molecule has 1 atom stereocenters. The van der Waals surface area contributed by atoms with Gasteiger partial charge in [0.25, 0.3) is 0 Å². The van der Waals surface area contributed by atoms with Gasteiger partial charge >= 0.3 is 0 Å². The molecule has 8 heteroatoms. The Morgan fingerprint density at radius 2 is 1.84 bits per heavy atom. The summed E-state index contributed by atoms with van der Waals surface area (Å²) in [6.45, 7) is 0. The summed E-state index contributed by atoms with van der Waals surface area (Å²) in [7, 11) is 1.61. The number of amidine groups is 1. The first kappa shape index (κ1) is 21.4. The second kappa shape index (κ2) is 9.51. The van der Waals surface area contributed by atoms with Crippen LogP contribution in [0.4, 0.5) is 15.8 Å². The molecular weight excluding hydrogens is 417 g/mol. The minimum absolute atomic E-state index is 0.0335. The fourth-order valence-corrected chi connectivity index (χ4v) is 5.09. The van der Waals surface area contributed by atoms with Crippen LogP contribution in [0, 0.1) is 5.82 Å². The predicted molar refractivity (Wildman–Crippen MR) is 120 cm³/mol. The molecule has 6 nitrogen and oxygen atoms in total. The SMILES string of the molecule is COc1ccc(N=C2S[C@@H](CC(=O)Nc3ccc(F)cc3)C(=O)N2C2CCCC2)cc1. The second-order valence-electron chi connectivity index (χ2n) is 7.60. The molecule has 1 aliphatic heterocycles. The molecule has 4 rings (SSSR count). The zero-order chi connectivity index (χ0) is 21.8. The Morgan fingerprint density at radius 1 is 1.16 bits per heavy atom. The van der Waals surface area contributed by atoms with Crippen LogP contribution in [-0.4, -0.2) is 40.3 Å². The number of carbonyl (C=O) groups excluding carboxylic acids is 2. The smallest absolute Gasteiger partial charge is 0.242 e. The molecule has 2 aromatic rings. The van der Waals surface area contributed by atoms with E-state index in [0.717, 1.165) is 37.1 Å². The quantitative estimate of drug-likeness (QED) is 0.703. The highest BCUT2D eigenvalue weighted by molar-refractivity contribution is 8.15. The average molecular weight is 442 g/mol. The Morgan fingerprint density at radius 3 is 2.48 bits per heavy atom. The predicted octanol–water partition coefficient (Wildman–Crippen LogP) is 4.74. The lowest BCUT2D eigenvalue weighted by Crippen LogP contribution is -2.40. The topological polar surface area (TPSA) is 71.0 Å². The first-order valence-electron chi connectivity index (χ1n) is 10.3. The summed E-state index contributed by atoms with van der Waals surface area (Å²) in [6, 6.07) is 13.0. The Kier molecular flexibility index (Phi) is 6.56. The summed E-state index contributed by atoms with van der Waals surface area (Å²) in [4.78, 5) is 32.2. The van der Waals surface area contributed by atoms with E-state index in [0.29, 0.717) is 10.9 Å². The lowest BCUT2D eigenvalue weighted by atomic mass is 10.2. The molecule has 2 fully saturated rings. The molecular formula is C23H24FN3O3S. The molecule has 0 bridgehead atoms. The minimum atomic E-state index is -0.530. The number of rotatable bonds is 6. The summed E-state index contributed by atoms with van der Waals surface area (Å²) in [5, 5.41) is 2.85. The fraction of sp³-hybridized carbons (Fsp3) is 0.348. The van der Waals surface area contributed by atoms with E-state index < -0.39 is 5.25 Å². The van der Waals surface area contributed by atoms with E-state index in [9.17, 15) is 14.0 Å². The molecule has 0 spiro atoms. The summed E-state index contributed by atoms with van der Waals surface area (Å²) in [6.07, 6.45) is 4.10. The first-order valence-corrected chi connectivity index (χ1v) is 11.2. The summed E-state index contributed by atoms with van der Waals surface area (Å²) >= 11 is 1.33. The van der Waals surface area contributed by atoms with Crippen molar-refractivity contribution in [1.29, 1.82) is 0 Å². The number of nitrogens with one attached hydrogen (secondary N) is 1. The van der Waals surface area contributed by atoms with Gasteiger partial charge in [0.2, 0.25) is 11.8 Å². The Bertz CT molecular complexity index is 973. The molecule has 31 heavy (non-hydrogen) atoms. The summed E-state index contributed by atoms with van der Waals surface area (Å²) in [5.41, 5.74) is 1.23. The number of carbonyl (C=O) groups is 2. The third-order valence-corrected chi connectivity index (χ3v) is 6.60. The lowest BCUT2D eigenvalue weighted by Gasteiger charge is -2.23. The van der Waals surface area contributed by atoms with Crippen molar-refractivity contribution >= 4 is 40.1 Å². The van der Waals surface area contributed by atoms with Gasteiger partial charge < -0.3 is 10.1 Å². The maximum atomic E-state index is 13.2. The van der Waals surface area contributed by atoms with Gasteiger partial charge in [-0.1, -0.05) is 24.6 Å². The van der Waals surface area contributed by atoms with Crippen LogP contribution in [0.2, 0.25) is 0 Å². The van der Waals surface area contributed by atoms with Gasteiger partial charge in [-0.2, -0.15) is 0 Å². The third-order valence-electron chi connectivity index (χ3n) is 5.45. The number of ether oxygens (including phenoxy) is 1. The molecule has 1 N–H and O–H groups in total. The number of hydrogen-bond acceptors (Lipinski definition) is 5. The lowest BCUT2D eigenvalue weighted by molar-refractivity contribution is -0.129. The van der Waals surface area contributed by atoms with Crippen molar-refractivity contribution < 1.29 is 18.7 Å². The van der Waals surface area contributed by atoms with Crippen molar-refractivity contribution in [2.75, 3.05) is 12.4 Å². The zero-order valence-electron chi connectivity index (χ0n) is 17.2. The molecule has 162 valence electrons. The fourth-order valence-electron chi connectivity index (χ4n) is 3.87. The van der Waals surface area contributed by atoms with Crippen LogP contribution < -0.4 is 10.1 Å². The monoisotopic (exact) mass is 441 g/mol. The van der Waals surface area contributed by atoms with Crippen LogP contribution in [0.1, 0.15) is 32.1 Å². The normalized spacial score (nSPS) is 20.5. The summed E-state index contributed by atoms with van der Waals surface area (Å²) < 4.78 is 18.3. The van der Waals surface area contributed by atoms with Gasteiger partial charge in [0.15, 0.2) is 5.17 Å². The van der Waals surface area contributed by atoms with Gasteiger partial charge in [-0.15, -0.1) is 0 Å². The first-order chi connectivity index (χ1) is 15.0. The molecule has 2 aliphatic rings. The van der Waals surface area contributed by atoms with Gasteiger partial charge in [0.1, 0.15) is 16.8 Å². The molecule has 1 saturated carbocycles. The third kappa shape index (κ3) is 5.07. The maximum absolute atomic E-state index is 13.2. The Hall–Kier alpha value is -2.87. The number of halogens is 1. The minimum Gasteiger partial charge on any atom is -0.497 e. The van der Waals surface area contributed by atoms with E-state index in [2.05, 4.69) is 5.32 Å². The maximum Gasteiger partial charge on any atom is 0.242 e. The number of amides is 2. The van der Waals surface area contributed by atoms with Crippen molar-refractivity contribution in [2.45, 2.75) is 43.4 Å². The average Bonchev–Trinajstić information content (AvgIpc) is 3.39. The van der Waals surface area contributed by atoms with E-state index in [1.807, 2.05) is 24.3 Å². The van der Waals surface area contributed by atoms with Gasteiger partial charge in [-0.05, 0) is 61.4 Å². The van der Waals surface area contributed by atoms with Crippen molar-refractivity contribution in [3.05, 3.63) is 54.3 Å². The highest BCUT2D eigenvalue weighted by Crippen LogP contribution is 2.37. The number of anilines is 1. The van der Waals surface area contributed by atoms with E-state index in [-0.39, 0.29) is 30.1 Å². The van der Waals surface area contributed by atoms with E-state index in [4.69, 9.17) is 9.73 Å². The van der Waals surface area contributed by atoms with E-state index in [1.165, 1.54) is 36.0 Å². The van der Waals surface area contributed by atoms with Gasteiger partial charge in [0, 0.05) is 18.2 Å². The second-order valence-corrected chi connectivity index (χ2v) is 8.77.